The molecule has 0 aromatic heterocycles. The predicted octanol–water partition coefficient (Wildman–Crippen LogP) is 1.86. The van der Waals surface area contributed by atoms with Crippen molar-refractivity contribution in [3.8, 4) is 0 Å². The highest BCUT2D eigenvalue weighted by molar-refractivity contribution is 5.38. The van der Waals surface area contributed by atoms with E-state index in [1.54, 1.807) is 0 Å². The largest absolute Gasteiger partial charge is 0.437 e. The van der Waals surface area contributed by atoms with Crippen molar-refractivity contribution in [3.63, 3.8) is 0 Å². The number of carbonyl (C=O) groups is 1. The van der Waals surface area contributed by atoms with Crippen molar-refractivity contribution in [1.82, 2.24) is 0 Å². The van der Waals surface area contributed by atoms with Gasteiger partial charge in [0.2, 0.25) is 0 Å². The van der Waals surface area contributed by atoms with Gasteiger partial charge in [-0.25, -0.2) is 0 Å². The lowest BCUT2D eigenvalue weighted by atomic mass is 10.2. The van der Waals surface area contributed by atoms with Crippen molar-refractivity contribution in [1.29, 1.82) is 0 Å². The molecule has 9 heavy (non-hydrogen) atoms. The second-order valence-electron chi connectivity index (χ2n) is 1.95. The molecular weight excluding hydrogens is 116 g/mol. The zero-order valence-electron chi connectivity index (χ0n) is 5.89. The number of ether oxygens (including phenoxy) is 1. The van der Waals surface area contributed by atoms with Gasteiger partial charge in [0.15, 0.2) is 0 Å². The zero-order chi connectivity index (χ0) is 7.11. The molecule has 0 N–H and O–H groups in total. The minimum atomic E-state index is 0.430. The third kappa shape index (κ3) is 5.07. The highest BCUT2D eigenvalue weighted by Crippen LogP contribution is 2.01. The first-order chi connectivity index (χ1) is 4.31. The fraction of sp³-hybridized carbons (Fsp3) is 0.571. The lowest BCUT2D eigenvalue weighted by Crippen LogP contribution is -1.79. The van der Waals surface area contributed by atoms with E-state index in [0.717, 1.165) is 18.4 Å². The SMILES string of the molecule is CCC/C(C)=C/OC=O. The second-order valence-corrected chi connectivity index (χ2v) is 1.95. The average Bonchev–Trinajstić information content (AvgIpc) is 1.85. The zero-order valence-corrected chi connectivity index (χ0v) is 5.89. The van der Waals surface area contributed by atoms with Gasteiger partial charge in [-0.05, 0) is 18.9 Å². The maximum absolute atomic E-state index is 9.65. The van der Waals surface area contributed by atoms with E-state index in [2.05, 4.69) is 11.7 Å². The molecule has 0 aromatic carbocycles. The molecule has 2 nitrogen and oxygen atoms in total. The van der Waals surface area contributed by atoms with Crippen molar-refractivity contribution in [3.05, 3.63) is 11.8 Å². The fourth-order valence-corrected chi connectivity index (χ4v) is 0.597. The Bertz CT molecular complexity index is 105. The average molecular weight is 128 g/mol. The van der Waals surface area contributed by atoms with Crippen LogP contribution in [0.25, 0.3) is 0 Å². The Balaban J connectivity index is 3.42. The standard InChI is InChI=1S/C7H12O2/c1-3-4-7(2)5-9-6-8/h5-6H,3-4H2,1-2H3/b7-5+. The topological polar surface area (TPSA) is 26.3 Å². The molecule has 0 aliphatic heterocycles. The molecular formula is C7H12O2. The summed E-state index contributed by atoms with van der Waals surface area (Å²) in [5.74, 6) is 0. The van der Waals surface area contributed by atoms with Crippen LogP contribution >= 0.6 is 0 Å². The van der Waals surface area contributed by atoms with E-state index in [9.17, 15) is 4.79 Å². The van der Waals surface area contributed by atoms with Crippen LogP contribution in [-0.2, 0) is 9.53 Å². The Morgan fingerprint density at radius 2 is 2.33 bits per heavy atom. The van der Waals surface area contributed by atoms with Gasteiger partial charge in [-0.15, -0.1) is 0 Å². The molecule has 0 amide bonds. The van der Waals surface area contributed by atoms with Gasteiger partial charge in [-0.2, -0.15) is 0 Å². The first-order valence-corrected chi connectivity index (χ1v) is 3.06. The van der Waals surface area contributed by atoms with E-state index < -0.39 is 0 Å². The summed E-state index contributed by atoms with van der Waals surface area (Å²) < 4.78 is 4.41. The summed E-state index contributed by atoms with van der Waals surface area (Å²) in [5, 5.41) is 0. The van der Waals surface area contributed by atoms with E-state index in [-0.39, 0.29) is 0 Å². The molecule has 0 heterocycles. The highest BCUT2D eigenvalue weighted by Gasteiger charge is 1.84. The van der Waals surface area contributed by atoms with Gasteiger partial charge in [0.25, 0.3) is 6.47 Å². The van der Waals surface area contributed by atoms with E-state index in [1.165, 1.54) is 6.26 Å². The van der Waals surface area contributed by atoms with Crippen LogP contribution in [0, 0.1) is 0 Å². The fourth-order valence-electron chi connectivity index (χ4n) is 0.597. The summed E-state index contributed by atoms with van der Waals surface area (Å²) in [5.41, 5.74) is 1.10. The van der Waals surface area contributed by atoms with Crippen LogP contribution in [0.5, 0.6) is 0 Å². The quantitative estimate of drug-likeness (QED) is 0.426. The second kappa shape index (κ2) is 5.35. The number of allylic oxidation sites excluding steroid dienone is 1. The van der Waals surface area contributed by atoms with Crippen LogP contribution < -0.4 is 0 Å². The first kappa shape index (κ1) is 8.21. The summed E-state index contributed by atoms with van der Waals surface area (Å²) in [4.78, 5) is 9.65. The third-order valence-corrected chi connectivity index (χ3v) is 0.969. The van der Waals surface area contributed by atoms with Crippen LogP contribution in [-0.4, -0.2) is 6.47 Å². The van der Waals surface area contributed by atoms with Gasteiger partial charge in [0.1, 0.15) is 0 Å². The van der Waals surface area contributed by atoms with E-state index in [4.69, 9.17) is 0 Å². The smallest absolute Gasteiger partial charge is 0.297 e. The predicted molar refractivity (Wildman–Crippen MR) is 35.8 cm³/mol. The molecule has 2 heteroatoms. The molecule has 0 spiro atoms. The van der Waals surface area contributed by atoms with Crippen molar-refractivity contribution in [2.24, 2.45) is 0 Å². The van der Waals surface area contributed by atoms with Gasteiger partial charge in [-0.1, -0.05) is 13.3 Å². The molecule has 0 fully saturated rings. The van der Waals surface area contributed by atoms with Gasteiger partial charge in [0, 0.05) is 0 Å². The number of carbonyl (C=O) groups excluding carboxylic acids is 1. The minimum absolute atomic E-state index is 0.430. The van der Waals surface area contributed by atoms with Crippen LogP contribution in [0.2, 0.25) is 0 Å². The van der Waals surface area contributed by atoms with Gasteiger partial charge >= 0.3 is 0 Å². The van der Waals surface area contributed by atoms with Crippen molar-refractivity contribution < 1.29 is 9.53 Å². The normalized spacial score (nSPS) is 11.1. The molecule has 0 rings (SSSR count). The molecule has 52 valence electrons. The molecule has 0 radical (unpaired) electrons. The molecule has 0 bridgehead atoms. The first-order valence-electron chi connectivity index (χ1n) is 3.06. The van der Waals surface area contributed by atoms with Crippen molar-refractivity contribution in [2.45, 2.75) is 26.7 Å². The minimum Gasteiger partial charge on any atom is -0.437 e. The van der Waals surface area contributed by atoms with Gasteiger partial charge in [0.05, 0.1) is 6.26 Å². The summed E-state index contributed by atoms with van der Waals surface area (Å²) in [6, 6.07) is 0. The molecule has 0 aliphatic rings. The maximum atomic E-state index is 9.65. The summed E-state index contributed by atoms with van der Waals surface area (Å²) in [6.45, 7) is 4.45. The Kier molecular flexibility index (Phi) is 4.88. The molecule has 0 atom stereocenters. The maximum Gasteiger partial charge on any atom is 0.297 e. The Hall–Kier alpha value is -0.790. The molecule has 0 aliphatic carbocycles. The highest BCUT2D eigenvalue weighted by atomic mass is 16.5. The Labute approximate surface area is 55.5 Å². The molecule has 0 saturated heterocycles. The Morgan fingerprint density at radius 3 is 2.78 bits per heavy atom. The van der Waals surface area contributed by atoms with Gasteiger partial charge < -0.3 is 4.74 Å². The van der Waals surface area contributed by atoms with Gasteiger partial charge in [-0.3, -0.25) is 4.79 Å². The number of rotatable bonds is 4. The molecule has 0 saturated carbocycles. The molecule has 0 unspecified atom stereocenters. The summed E-state index contributed by atoms with van der Waals surface area (Å²) >= 11 is 0. The van der Waals surface area contributed by atoms with Crippen LogP contribution in [0.3, 0.4) is 0 Å². The monoisotopic (exact) mass is 128 g/mol. The van der Waals surface area contributed by atoms with Crippen LogP contribution in [0.1, 0.15) is 26.7 Å². The van der Waals surface area contributed by atoms with Crippen LogP contribution in [0.4, 0.5) is 0 Å². The summed E-state index contributed by atoms with van der Waals surface area (Å²) in [7, 11) is 0. The van der Waals surface area contributed by atoms with E-state index in [0.29, 0.717) is 6.47 Å². The lowest BCUT2D eigenvalue weighted by Gasteiger charge is -1.93. The van der Waals surface area contributed by atoms with Crippen molar-refractivity contribution in [2.75, 3.05) is 0 Å². The summed E-state index contributed by atoms with van der Waals surface area (Å²) in [6.07, 6.45) is 3.56. The Morgan fingerprint density at radius 1 is 1.67 bits per heavy atom. The molecule has 0 aromatic rings. The van der Waals surface area contributed by atoms with E-state index in [1.807, 2.05) is 6.92 Å². The van der Waals surface area contributed by atoms with Crippen molar-refractivity contribution >= 4 is 6.47 Å². The van der Waals surface area contributed by atoms with Crippen LogP contribution in [0.15, 0.2) is 11.8 Å². The third-order valence-electron chi connectivity index (χ3n) is 0.969. The van der Waals surface area contributed by atoms with E-state index >= 15 is 0 Å². The lowest BCUT2D eigenvalue weighted by molar-refractivity contribution is -0.123. The number of hydrogen-bond acceptors (Lipinski definition) is 2. The number of hydrogen-bond donors (Lipinski definition) is 0.